The normalized spacial score (nSPS) is 13.1. The number of nitrogens with one attached hydrogen (secondary N) is 1. The smallest absolute Gasteiger partial charge is 0.408 e. The number of amides is 1. The summed E-state index contributed by atoms with van der Waals surface area (Å²) in [4.78, 5) is 25.0. The molecule has 0 bridgehead atoms. The van der Waals surface area contributed by atoms with E-state index in [0.717, 1.165) is 22.2 Å². The Kier molecular flexibility index (Phi) is 8.77. The first-order valence-corrected chi connectivity index (χ1v) is 13.5. The molecular formula is C32H37N3O5. The third-order valence-corrected chi connectivity index (χ3v) is 6.00. The summed E-state index contributed by atoms with van der Waals surface area (Å²) in [6, 6.07) is 22.3. The van der Waals surface area contributed by atoms with Crippen molar-refractivity contribution >= 4 is 23.0 Å². The predicted molar refractivity (Wildman–Crippen MR) is 155 cm³/mol. The molecule has 2 atom stereocenters. The highest BCUT2D eigenvalue weighted by Gasteiger charge is 2.26. The lowest BCUT2D eigenvalue weighted by molar-refractivity contribution is 0.0447. The lowest BCUT2D eigenvalue weighted by Gasteiger charge is -2.28. The summed E-state index contributed by atoms with van der Waals surface area (Å²) in [6.07, 6.45) is 0.789. The number of rotatable bonds is 9. The monoisotopic (exact) mass is 543 g/mol. The second-order valence-corrected chi connectivity index (χ2v) is 11.2. The summed E-state index contributed by atoms with van der Waals surface area (Å²) in [5.74, 6) is 0.532. The third-order valence-electron chi connectivity index (χ3n) is 6.00. The van der Waals surface area contributed by atoms with E-state index in [1.54, 1.807) is 23.0 Å². The van der Waals surface area contributed by atoms with Crippen molar-refractivity contribution in [3.63, 3.8) is 0 Å². The van der Waals surface area contributed by atoms with Crippen molar-refractivity contribution < 1.29 is 23.8 Å². The first-order valence-electron chi connectivity index (χ1n) is 13.5. The number of benzene rings is 3. The van der Waals surface area contributed by atoms with Gasteiger partial charge in [-0.3, -0.25) is 0 Å². The Morgan fingerprint density at radius 1 is 0.950 bits per heavy atom. The van der Waals surface area contributed by atoms with E-state index in [1.165, 1.54) is 0 Å². The van der Waals surface area contributed by atoms with Crippen LogP contribution in [0.3, 0.4) is 0 Å². The molecule has 1 amide bonds. The topological polar surface area (TPSA) is 91.7 Å². The maximum Gasteiger partial charge on any atom is 0.408 e. The molecule has 0 aliphatic heterocycles. The number of nitrogens with zero attached hydrogens (tertiary/aromatic N) is 2. The number of esters is 1. The minimum atomic E-state index is -0.605. The van der Waals surface area contributed by atoms with E-state index in [9.17, 15) is 9.59 Å². The maximum absolute atomic E-state index is 12.5. The van der Waals surface area contributed by atoms with Gasteiger partial charge in [0, 0.05) is 5.39 Å². The zero-order chi connectivity index (χ0) is 28.9. The molecule has 8 heteroatoms. The average molecular weight is 544 g/mol. The Bertz CT molecular complexity index is 1460. The molecule has 4 aromatic rings. The number of carbonyl (C=O) groups is 2. The molecular weight excluding hydrogens is 506 g/mol. The van der Waals surface area contributed by atoms with E-state index < -0.39 is 17.8 Å². The zero-order valence-corrected chi connectivity index (χ0v) is 23.9. The quantitative estimate of drug-likeness (QED) is 0.232. The average Bonchev–Trinajstić information content (AvgIpc) is 3.33. The van der Waals surface area contributed by atoms with E-state index in [2.05, 4.69) is 10.4 Å². The molecule has 0 saturated carbocycles. The third kappa shape index (κ3) is 7.40. The Morgan fingerprint density at radius 2 is 1.70 bits per heavy atom. The fourth-order valence-electron chi connectivity index (χ4n) is 4.20. The highest BCUT2D eigenvalue weighted by Crippen LogP contribution is 2.29. The second kappa shape index (κ2) is 12.2. The van der Waals surface area contributed by atoms with Gasteiger partial charge in [-0.05, 0) is 75.6 Å². The molecule has 1 aromatic heterocycles. The van der Waals surface area contributed by atoms with Gasteiger partial charge >= 0.3 is 12.1 Å². The Balaban J connectivity index is 1.57. The van der Waals surface area contributed by atoms with Crippen LogP contribution in [0.25, 0.3) is 16.6 Å². The fourth-order valence-corrected chi connectivity index (χ4v) is 4.20. The second-order valence-electron chi connectivity index (χ2n) is 11.2. The number of alkyl carbamates (subject to hydrolysis) is 1. The molecule has 1 heterocycles. The van der Waals surface area contributed by atoms with Crippen molar-refractivity contribution in [2.24, 2.45) is 5.92 Å². The van der Waals surface area contributed by atoms with Gasteiger partial charge in [-0.15, -0.1) is 0 Å². The zero-order valence-electron chi connectivity index (χ0n) is 23.9. The van der Waals surface area contributed by atoms with E-state index in [0.29, 0.717) is 17.9 Å². The highest BCUT2D eigenvalue weighted by molar-refractivity contribution is 5.90. The Labute approximate surface area is 235 Å². The van der Waals surface area contributed by atoms with Gasteiger partial charge < -0.3 is 19.5 Å². The minimum absolute atomic E-state index is 0.260. The summed E-state index contributed by atoms with van der Waals surface area (Å²) in [5.41, 5.74) is 2.39. The standard InChI is InChI=1S/C32H37N3O5/c1-21(2)20-38-30(36)24-13-10-14-26(17-24)35-28-16-15-27(18-25(28)19-33-35)39-29(23-11-8-7-9-12-23)22(3)34-31(37)40-32(4,5)6/h7-19,21-22,29H,20H2,1-6H3,(H,34,37)/t22-,29-/m0/s1. The first-order chi connectivity index (χ1) is 19.0. The van der Waals surface area contributed by atoms with Gasteiger partial charge in [0.05, 0.1) is 35.6 Å². The summed E-state index contributed by atoms with van der Waals surface area (Å²) in [7, 11) is 0. The summed E-state index contributed by atoms with van der Waals surface area (Å²) >= 11 is 0. The van der Waals surface area contributed by atoms with Crippen LogP contribution < -0.4 is 10.1 Å². The lowest BCUT2D eigenvalue weighted by Crippen LogP contribution is -2.42. The van der Waals surface area contributed by atoms with Crippen molar-refractivity contribution in [2.45, 2.75) is 59.3 Å². The van der Waals surface area contributed by atoms with Crippen LogP contribution in [0.1, 0.15) is 63.6 Å². The van der Waals surface area contributed by atoms with Gasteiger partial charge in [-0.25, -0.2) is 14.3 Å². The van der Waals surface area contributed by atoms with Gasteiger partial charge in [0.15, 0.2) is 0 Å². The number of ether oxygens (including phenoxy) is 3. The van der Waals surface area contributed by atoms with Gasteiger partial charge in [-0.2, -0.15) is 5.10 Å². The molecule has 0 fully saturated rings. The number of hydrogen-bond donors (Lipinski definition) is 1. The highest BCUT2D eigenvalue weighted by atomic mass is 16.6. The number of aromatic nitrogens is 2. The van der Waals surface area contributed by atoms with Crippen molar-refractivity contribution in [3.05, 3.63) is 90.1 Å². The van der Waals surface area contributed by atoms with E-state index >= 15 is 0 Å². The van der Waals surface area contributed by atoms with E-state index in [-0.39, 0.29) is 17.9 Å². The molecule has 0 spiro atoms. The molecule has 210 valence electrons. The van der Waals surface area contributed by atoms with Gasteiger partial charge in [-0.1, -0.05) is 50.2 Å². The van der Waals surface area contributed by atoms with Crippen LogP contribution in [0.2, 0.25) is 0 Å². The summed E-state index contributed by atoms with van der Waals surface area (Å²) in [6.45, 7) is 11.7. The van der Waals surface area contributed by atoms with Crippen LogP contribution in [0.15, 0.2) is 79.0 Å². The molecule has 1 N–H and O–H groups in total. The number of carbonyl (C=O) groups excluding carboxylic acids is 2. The predicted octanol–water partition coefficient (Wildman–Crippen LogP) is 6.87. The van der Waals surface area contributed by atoms with Crippen LogP contribution in [-0.4, -0.2) is 40.1 Å². The van der Waals surface area contributed by atoms with Crippen LogP contribution in [-0.2, 0) is 9.47 Å². The number of fused-ring (bicyclic) bond motifs is 1. The molecule has 40 heavy (non-hydrogen) atoms. The lowest BCUT2D eigenvalue weighted by atomic mass is 10.0. The van der Waals surface area contributed by atoms with Gasteiger partial charge in [0.2, 0.25) is 0 Å². The Morgan fingerprint density at radius 3 is 2.40 bits per heavy atom. The molecule has 3 aromatic carbocycles. The molecule has 8 nitrogen and oxygen atoms in total. The summed E-state index contributed by atoms with van der Waals surface area (Å²) < 4.78 is 19.1. The van der Waals surface area contributed by atoms with Crippen LogP contribution >= 0.6 is 0 Å². The molecule has 0 radical (unpaired) electrons. The van der Waals surface area contributed by atoms with Crippen LogP contribution in [0.5, 0.6) is 5.75 Å². The molecule has 0 aliphatic carbocycles. The molecule has 0 aliphatic rings. The maximum atomic E-state index is 12.5. The van der Waals surface area contributed by atoms with Crippen molar-refractivity contribution in [1.82, 2.24) is 15.1 Å². The minimum Gasteiger partial charge on any atom is -0.484 e. The van der Waals surface area contributed by atoms with Gasteiger partial charge in [0.1, 0.15) is 17.5 Å². The van der Waals surface area contributed by atoms with Crippen molar-refractivity contribution in [2.75, 3.05) is 6.61 Å². The Hall–Kier alpha value is -4.33. The fraction of sp³-hybridized carbons (Fsp3) is 0.344. The van der Waals surface area contributed by atoms with E-state index in [1.807, 2.05) is 102 Å². The van der Waals surface area contributed by atoms with Crippen LogP contribution in [0, 0.1) is 5.92 Å². The molecule has 0 saturated heterocycles. The van der Waals surface area contributed by atoms with E-state index in [4.69, 9.17) is 14.2 Å². The van der Waals surface area contributed by atoms with Crippen LogP contribution in [0.4, 0.5) is 4.79 Å². The van der Waals surface area contributed by atoms with Crippen molar-refractivity contribution in [1.29, 1.82) is 0 Å². The molecule has 0 unspecified atom stereocenters. The first kappa shape index (κ1) is 28.7. The largest absolute Gasteiger partial charge is 0.484 e. The van der Waals surface area contributed by atoms with Gasteiger partial charge in [0.25, 0.3) is 0 Å². The van der Waals surface area contributed by atoms with Crippen molar-refractivity contribution in [3.8, 4) is 11.4 Å². The molecule has 4 rings (SSSR count). The summed E-state index contributed by atoms with van der Waals surface area (Å²) in [5, 5.41) is 8.34. The number of hydrogen-bond acceptors (Lipinski definition) is 6. The SMILES string of the molecule is CC(C)COC(=O)c1cccc(-n2ncc3cc(O[C@H](c4ccccc4)[C@H](C)NC(=O)OC(C)(C)C)ccc32)c1.